The molecule has 1 amide bonds. The number of carbonyl (C=O) groups is 1. The fourth-order valence-corrected chi connectivity index (χ4v) is 3.27. The molecular formula is C13H21N3O2S. The first kappa shape index (κ1) is 14.5. The zero-order valence-corrected chi connectivity index (χ0v) is 12.2. The minimum absolute atomic E-state index is 0.0134. The van der Waals surface area contributed by atoms with E-state index in [0.29, 0.717) is 13.2 Å². The minimum atomic E-state index is -0.269. The van der Waals surface area contributed by atoms with Crippen LogP contribution >= 0.6 is 11.3 Å². The van der Waals surface area contributed by atoms with Gasteiger partial charge in [0.15, 0.2) is 0 Å². The maximum absolute atomic E-state index is 12.0. The summed E-state index contributed by atoms with van der Waals surface area (Å²) in [5.41, 5.74) is 7.33. The van der Waals surface area contributed by atoms with Crippen molar-refractivity contribution < 1.29 is 9.53 Å². The van der Waals surface area contributed by atoms with Crippen molar-refractivity contribution in [1.29, 1.82) is 0 Å². The summed E-state index contributed by atoms with van der Waals surface area (Å²) in [7, 11) is 1.65. The van der Waals surface area contributed by atoms with Crippen molar-refractivity contribution in [1.82, 2.24) is 10.2 Å². The normalized spacial score (nSPS) is 23.8. The topological polar surface area (TPSA) is 67.6 Å². The summed E-state index contributed by atoms with van der Waals surface area (Å²) < 4.78 is 5.44. The summed E-state index contributed by atoms with van der Waals surface area (Å²) in [4.78, 5) is 14.2. The van der Waals surface area contributed by atoms with Crippen LogP contribution in [0.4, 0.5) is 0 Å². The van der Waals surface area contributed by atoms with Crippen molar-refractivity contribution in [3.63, 3.8) is 0 Å². The van der Waals surface area contributed by atoms with Gasteiger partial charge >= 0.3 is 0 Å². The van der Waals surface area contributed by atoms with Crippen LogP contribution in [0.1, 0.15) is 18.5 Å². The van der Waals surface area contributed by atoms with E-state index in [1.807, 2.05) is 12.3 Å². The molecule has 2 heterocycles. The summed E-state index contributed by atoms with van der Waals surface area (Å²) in [6.07, 6.45) is 0. The second-order valence-corrected chi connectivity index (χ2v) is 5.58. The summed E-state index contributed by atoms with van der Waals surface area (Å²) in [5, 5.41) is 6.85. The first-order chi connectivity index (χ1) is 9.15. The maximum Gasteiger partial charge on any atom is 0.239 e. The number of hydrogen-bond acceptors (Lipinski definition) is 5. The van der Waals surface area contributed by atoms with Gasteiger partial charge < -0.3 is 15.8 Å². The van der Waals surface area contributed by atoms with E-state index in [-0.39, 0.29) is 24.0 Å². The lowest BCUT2D eigenvalue weighted by atomic mass is 9.99. The fraction of sp³-hybridized carbons (Fsp3) is 0.615. The number of likely N-dealkylation sites (N-methyl/N-ethyl adjacent to an activating group) is 1. The average molecular weight is 283 g/mol. The molecule has 0 spiro atoms. The third kappa shape index (κ3) is 3.14. The number of amides is 1. The van der Waals surface area contributed by atoms with Crippen LogP contribution in [-0.4, -0.2) is 49.7 Å². The summed E-state index contributed by atoms with van der Waals surface area (Å²) in [6, 6.07) is 1.82. The van der Waals surface area contributed by atoms with E-state index in [0.717, 1.165) is 6.54 Å². The number of nitrogens with two attached hydrogens (primary N) is 1. The van der Waals surface area contributed by atoms with Crippen molar-refractivity contribution in [3.05, 3.63) is 22.4 Å². The highest BCUT2D eigenvalue weighted by molar-refractivity contribution is 7.07. The van der Waals surface area contributed by atoms with Crippen LogP contribution in [0.3, 0.4) is 0 Å². The van der Waals surface area contributed by atoms with Crippen LogP contribution in [0.5, 0.6) is 0 Å². The zero-order chi connectivity index (χ0) is 13.8. The van der Waals surface area contributed by atoms with E-state index in [1.165, 1.54) is 5.56 Å². The van der Waals surface area contributed by atoms with Crippen molar-refractivity contribution >= 4 is 17.2 Å². The average Bonchev–Trinajstić information content (AvgIpc) is 2.92. The van der Waals surface area contributed by atoms with E-state index in [2.05, 4.69) is 21.7 Å². The Labute approximate surface area is 117 Å². The Kier molecular flexibility index (Phi) is 4.93. The molecule has 3 atom stereocenters. The van der Waals surface area contributed by atoms with Crippen molar-refractivity contribution in [2.75, 3.05) is 26.8 Å². The molecule has 1 aliphatic rings. The number of rotatable bonds is 4. The highest BCUT2D eigenvalue weighted by Crippen LogP contribution is 2.28. The third-order valence-electron chi connectivity index (χ3n) is 3.46. The SMILES string of the molecule is CNC(=O)C1COCCN1C(c1ccsc1)C(C)N. The first-order valence-electron chi connectivity index (χ1n) is 6.48. The molecule has 1 fully saturated rings. The van der Waals surface area contributed by atoms with Gasteiger partial charge in [-0.25, -0.2) is 0 Å². The van der Waals surface area contributed by atoms with Gasteiger partial charge in [-0.05, 0) is 29.3 Å². The van der Waals surface area contributed by atoms with Gasteiger partial charge in [0.1, 0.15) is 6.04 Å². The number of hydrogen-bond donors (Lipinski definition) is 2. The van der Waals surface area contributed by atoms with Gasteiger partial charge in [0, 0.05) is 19.6 Å². The lowest BCUT2D eigenvalue weighted by Crippen LogP contribution is -2.56. The van der Waals surface area contributed by atoms with Gasteiger partial charge in [0.25, 0.3) is 0 Å². The molecule has 2 rings (SSSR count). The van der Waals surface area contributed by atoms with E-state index in [9.17, 15) is 4.79 Å². The molecular weight excluding hydrogens is 262 g/mol. The molecule has 3 N–H and O–H groups in total. The molecule has 1 saturated heterocycles. The zero-order valence-electron chi connectivity index (χ0n) is 11.3. The summed E-state index contributed by atoms with van der Waals surface area (Å²) in [6.45, 7) is 3.77. The smallest absolute Gasteiger partial charge is 0.239 e. The Hall–Kier alpha value is -0.950. The minimum Gasteiger partial charge on any atom is -0.378 e. The molecule has 106 valence electrons. The predicted octanol–water partition coefficient (Wildman–Crippen LogP) is 0.583. The molecule has 3 unspecified atom stereocenters. The first-order valence-corrected chi connectivity index (χ1v) is 7.42. The molecule has 0 bridgehead atoms. The molecule has 0 saturated carbocycles. The number of nitrogens with one attached hydrogen (secondary N) is 1. The molecule has 5 nitrogen and oxygen atoms in total. The Morgan fingerprint density at radius 2 is 2.47 bits per heavy atom. The van der Waals surface area contributed by atoms with Gasteiger partial charge in [-0.15, -0.1) is 0 Å². The lowest BCUT2D eigenvalue weighted by molar-refractivity contribution is -0.134. The Morgan fingerprint density at radius 1 is 1.68 bits per heavy atom. The molecule has 1 aromatic rings. The van der Waals surface area contributed by atoms with Crippen LogP contribution in [0.25, 0.3) is 0 Å². The van der Waals surface area contributed by atoms with Crippen LogP contribution in [0, 0.1) is 0 Å². The third-order valence-corrected chi connectivity index (χ3v) is 4.16. The van der Waals surface area contributed by atoms with Crippen LogP contribution in [-0.2, 0) is 9.53 Å². The van der Waals surface area contributed by atoms with Crippen molar-refractivity contribution in [2.45, 2.75) is 25.0 Å². The fourth-order valence-electron chi connectivity index (χ4n) is 2.58. The van der Waals surface area contributed by atoms with Crippen molar-refractivity contribution in [2.24, 2.45) is 5.73 Å². The van der Waals surface area contributed by atoms with Gasteiger partial charge in [-0.1, -0.05) is 0 Å². The van der Waals surface area contributed by atoms with E-state index in [4.69, 9.17) is 10.5 Å². The van der Waals surface area contributed by atoms with Gasteiger partial charge in [0.2, 0.25) is 5.91 Å². The van der Waals surface area contributed by atoms with E-state index < -0.39 is 0 Å². The number of ether oxygens (including phenoxy) is 1. The molecule has 0 radical (unpaired) electrons. The Balaban J connectivity index is 2.25. The number of carbonyl (C=O) groups excluding carboxylic acids is 1. The van der Waals surface area contributed by atoms with Gasteiger partial charge in [-0.3, -0.25) is 9.69 Å². The lowest BCUT2D eigenvalue weighted by Gasteiger charge is -2.41. The highest BCUT2D eigenvalue weighted by atomic mass is 32.1. The molecule has 6 heteroatoms. The van der Waals surface area contributed by atoms with Crippen LogP contribution in [0.2, 0.25) is 0 Å². The van der Waals surface area contributed by atoms with Crippen molar-refractivity contribution in [3.8, 4) is 0 Å². The van der Waals surface area contributed by atoms with E-state index in [1.54, 1.807) is 18.4 Å². The quantitative estimate of drug-likeness (QED) is 0.848. The maximum atomic E-state index is 12.0. The number of morpholine rings is 1. The highest BCUT2D eigenvalue weighted by Gasteiger charge is 2.36. The van der Waals surface area contributed by atoms with Crippen LogP contribution in [0.15, 0.2) is 16.8 Å². The molecule has 0 aliphatic carbocycles. The summed E-state index contributed by atoms with van der Waals surface area (Å²) in [5.74, 6) is -0.0134. The molecule has 19 heavy (non-hydrogen) atoms. The number of thiophene rings is 1. The molecule has 1 aliphatic heterocycles. The van der Waals surface area contributed by atoms with Gasteiger partial charge in [-0.2, -0.15) is 11.3 Å². The van der Waals surface area contributed by atoms with E-state index >= 15 is 0 Å². The largest absolute Gasteiger partial charge is 0.378 e. The van der Waals surface area contributed by atoms with Crippen LogP contribution < -0.4 is 11.1 Å². The second kappa shape index (κ2) is 6.47. The monoisotopic (exact) mass is 283 g/mol. The molecule has 0 aromatic carbocycles. The Morgan fingerprint density at radius 3 is 3.05 bits per heavy atom. The number of nitrogens with zero attached hydrogens (tertiary/aromatic N) is 1. The summed E-state index contributed by atoms with van der Waals surface area (Å²) >= 11 is 1.65. The molecule has 1 aromatic heterocycles. The Bertz CT molecular complexity index is 408. The predicted molar refractivity (Wildman–Crippen MR) is 76.1 cm³/mol. The second-order valence-electron chi connectivity index (χ2n) is 4.80. The standard InChI is InChI=1S/C13H21N3O2S/c1-9(14)12(10-3-6-19-8-10)16-4-5-18-7-11(16)13(17)15-2/h3,6,8-9,11-12H,4-5,7,14H2,1-2H3,(H,15,17). The van der Waals surface area contributed by atoms with Gasteiger partial charge in [0.05, 0.1) is 19.3 Å².